The van der Waals surface area contributed by atoms with Gasteiger partial charge in [-0.15, -0.1) is 0 Å². The van der Waals surface area contributed by atoms with Gasteiger partial charge >= 0.3 is 12.4 Å². The molecule has 0 aromatic heterocycles. The standard InChI is InChI=1S/C6H4F6O2/c7-5(8,9)3-1-4(6(10,11)12)14-2-13-3/h1,3H,2H2. The predicted molar refractivity (Wildman–Crippen MR) is 31.0 cm³/mol. The summed E-state index contributed by atoms with van der Waals surface area (Å²) in [6.45, 7) is -1.06. The molecule has 14 heavy (non-hydrogen) atoms. The van der Waals surface area contributed by atoms with Gasteiger partial charge in [0.15, 0.2) is 12.9 Å². The van der Waals surface area contributed by atoms with E-state index >= 15 is 0 Å². The summed E-state index contributed by atoms with van der Waals surface area (Å²) in [5.74, 6) is -1.67. The first-order valence-corrected chi connectivity index (χ1v) is 3.31. The second kappa shape index (κ2) is 3.34. The van der Waals surface area contributed by atoms with Gasteiger partial charge in [-0.2, -0.15) is 26.3 Å². The largest absolute Gasteiger partial charge is 0.463 e. The van der Waals surface area contributed by atoms with Gasteiger partial charge in [0.1, 0.15) is 0 Å². The van der Waals surface area contributed by atoms with Gasteiger partial charge in [0.2, 0.25) is 5.76 Å². The third kappa shape index (κ3) is 2.53. The van der Waals surface area contributed by atoms with Crippen LogP contribution in [0, 0.1) is 0 Å². The molecule has 82 valence electrons. The zero-order valence-corrected chi connectivity index (χ0v) is 6.45. The quantitative estimate of drug-likeness (QED) is 0.586. The normalized spacial score (nSPS) is 24.1. The van der Waals surface area contributed by atoms with Gasteiger partial charge in [-0.25, -0.2) is 0 Å². The minimum absolute atomic E-state index is 0.135. The van der Waals surface area contributed by atoms with Gasteiger partial charge in [0, 0.05) is 6.08 Å². The fraction of sp³-hybridized carbons (Fsp3) is 0.667. The van der Waals surface area contributed by atoms with E-state index < -0.39 is 31.0 Å². The summed E-state index contributed by atoms with van der Waals surface area (Å²) in [5.41, 5.74) is 0. The van der Waals surface area contributed by atoms with Crippen LogP contribution in [0.5, 0.6) is 0 Å². The first-order valence-electron chi connectivity index (χ1n) is 3.31. The zero-order valence-electron chi connectivity index (χ0n) is 6.45. The van der Waals surface area contributed by atoms with Crippen molar-refractivity contribution in [3.8, 4) is 0 Å². The van der Waals surface area contributed by atoms with Crippen molar-refractivity contribution in [1.82, 2.24) is 0 Å². The first kappa shape index (κ1) is 11.2. The number of alkyl halides is 6. The summed E-state index contributed by atoms with van der Waals surface area (Å²) in [6, 6.07) is 0. The smallest absolute Gasteiger partial charge is 0.448 e. The van der Waals surface area contributed by atoms with Crippen LogP contribution in [-0.4, -0.2) is 25.2 Å². The Morgan fingerprint density at radius 3 is 2.14 bits per heavy atom. The summed E-state index contributed by atoms with van der Waals surface area (Å²) in [5, 5.41) is 0. The highest BCUT2D eigenvalue weighted by molar-refractivity contribution is 5.07. The molecule has 0 N–H and O–H groups in total. The molecule has 0 saturated carbocycles. The van der Waals surface area contributed by atoms with Crippen molar-refractivity contribution in [3.63, 3.8) is 0 Å². The van der Waals surface area contributed by atoms with Crippen LogP contribution in [0.15, 0.2) is 11.8 Å². The van der Waals surface area contributed by atoms with E-state index in [0.717, 1.165) is 0 Å². The fourth-order valence-corrected chi connectivity index (χ4v) is 0.770. The van der Waals surface area contributed by atoms with Gasteiger partial charge < -0.3 is 9.47 Å². The Morgan fingerprint density at radius 1 is 1.14 bits per heavy atom. The molecule has 1 atom stereocenters. The van der Waals surface area contributed by atoms with E-state index in [4.69, 9.17) is 0 Å². The molecule has 0 spiro atoms. The monoisotopic (exact) mass is 222 g/mol. The molecule has 0 aliphatic carbocycles. The lowest BCUT2D eigenvalue weighted by Gasteiger charge is -2.25. The Bertz CT molecular complexity index is 240. The molecule has 0 aromatic carbocycles. The molecule has 0 amide bonds. The van der Waals surface area contributed by atoms with Crippen LogP contribution < -0.4 is 0 Å². The number of rotatable bonds is 0. The van der Waals surface area contributed by atoms with Crippen molar-refractivity contribution in [3.05, 3.63) is 11.8 Å². The summed E-state index contributed by atoms with van der Waals surface area (Å²) >= 11 is 0. The number of hydrogen-bond donors (Lipinski definition) is 0. The highest BCUT2D eigenvalue weighted by Crippen LogP contribution is 2.33. The second-order valence-electron chi connectivity index (χ2n) is 2.42. The van der Waals surface area contributed by atoms with Gasteiger partial charge in [0.05, 0.1) is 0 Å². The lowest BCUT2D eigenvalue weighted by molar-refractivity contribution is -0.245. The highest BCUT2D eigenvalue weighted by atomic mass is 19.4. The third-order valence-corrected chi connectivity index (χ3v) is 1.37. The molecule has 0 aromatic rings. The van der Waals surface area contributed by atoms with E-state index in [-0.39, 0.29) is 6.08 Å². The highest BCUT2D eigenvalue weighted by Gasteiger charge is 2.46. The SMILES string of the molecule is FC(F)(F)C1=CC(C(F)(F)F)OCO1. The fourth-order valence-electron chi connectivity index (χ4n) is 0.770. The molecule has 1 aliphatic heterocycles. The van der Waals surface area contributed by atoms with E-state index in [1.54, 1.807) is 0 Å². The minimum atomic E-state index is -4.92. The molecule has 1 unspecified atom stereocenters. The topological polar surface area (TPSA) is 18.5 Å². The van der Waals surface area contributed by atoms with Gasteiger partial charge in [0.25, 0.3) is 0 Å². The summed E-state index contributed by atoms with van der Waals surface area (Å²) in [4.78, 5) is 0. The van der Waals surface area contributed by atoms with Crippen molar-refractivity contribution in [1.29, 1.82) is 0 Å². The average Bonchev–Trinajstić information content (AvgIpc) is 2.01. The Labute approximate surface area is 74.1 Å². The molecule has 1 aliphatic rings. The zero-order chi connectivity index (χ0) is 11.0. The van der Waals surface area contributed by atoms with E-state index in [9.17, 15) is 26.3 Å². The Kier molecular flexibility index (Phi) is 2.66. The molecular weight excluding hydrogens is 218 g/mol. The van der Waals surface area contributed by atoms with E-state index in [1.807, 2.05) is 0 Å². The lowest BCUT2D eigenvalue weighted by Crippen LogP contribution is -2.36. The van der Waals surface area contributed by atoms with Crippen molar-refractivity contribution >= 4 is 0 Å². The van der Waals surface area contributed by atoms with Crippen molar-refractivity contribution < 1.29 is 35.8 Å². The molecule has 8 heteroatoms. The molecule has 0 bridgehead atoms. The van der Waals surface area contributed by atoms with E-state index in [2.05, 4.69) is 9.47 Å². The second-order valence-corrected chi connectivity index (χ2v) is 2.42. The summed E-state index contributed by atoms with van der Waals surface area (Å²) in [6.07, 6.45) is -12.5. The number of halogens is 6. The molecule has 0 fully saturated rings. The number of allylic oxidation sites excluding steroid dienone is 1. The van der Waals surface area contributed by atoms with Crippen LogP contribution in [-0.2, 0) is 9.47 Å². The number of ether oxygens (including phenoxy) is 2. The summed E-state index contributed by atoms with van der Waals surface area (Å²) < 4.78 is 79.2. The van der Waals surface area contributed by atoms with Crippen LogP contribution in [0.25, 0.3) is 0 Å². The first-order chi connectivity index (χ1) is 6.21. The van der Waals surface area contributed by atoms with Crippen LogP contribution in [0.3, 0.4) is 0 Å². The van der Waals surface area contributed by atoms with Gasteiger partial charge in [-0.3, -0.25) is 0 Å². The van der Waals surface area contributed by atoms with Crippen LogP contribution in [0.1, 0.15) is 0 Å². The summed E-state index contributed by atoms with van der Waals surface area (Å²) in [7, 11) is 0. The molecule has 2 nitrogen and oxygen atoms in total. The van der Waals surface area contributed by atoms with Crippen LogP contribution >= 0.6 is 0 Å². The van der Waals surface area contributed by atoms with Gasteiger partial charge in [-0.1, -0.05) is 0 Å². The third-order valence-electron chi connectivity index (χ3n) is 1.37. The van der Waals surface area contributed by atoms with Crippen molar-refractivity contribution in [2.75, 3.05) is 6.79 Å². The van der Waals surface area contributed by atoms with Crippen molar-refractivity contribution in [2.45, 2.75) is 18.5 Å². The van der Waals surface area contributed by atoms with Gasteiger partial charge in [-0.05, 0) is 0 Å². The average molecular weight is 222 g/mol. The molecule has 1 rings (SSSR count). The van der Waals surface area contributed by atoms with E-state index in [1.165, 1.54) is 0 Å². The van der Waals surface area contributed by atoms with Crippen LogP contribution in [0.2, 0.25) is 0 Å². The Morgan fingerprint density at radius 2 is 1.71 bits per heavy atom. The lowest BCUT2D eigenvalue weighted by atomic mass is 10.2. The maximum Gasteiger partial charge on any atom is 0.448 e. The maximum atomic E-state index is 11.9. The predicted octanol–water partition coefficient (Wildman–Crippen LogP) is 2.37. The van der Waals surface area contributed by atoms with E-state index in [0.29, 0.717) is 0 Å². The molecule has 0 saturated heterocycles. The molecule has 1 heterocycles. The number of hydrogen-bond acceptors (Lipinski definition) is 2. The minimum Gasteiger partial charge on any atom is -0.463 e. The molecular formula is C6H4F6O2. The maximum absolute atomic E-state index is 11.9. The molecule has 0 radical (unpaired) electrons. The Hall–Kier alpha value is -0.920. The van der Waals surface area contributed by atoms with Crippen molar-refractivity contribution in [2.24, 2.45) is 0 Å². The van der Waals surface area contributed by atoms with Crippen LogP contribution in [0.4, 0.5) is 26.3 Å². The Balaban J connectivity index is 2.85.